The van der Waals surface area contributed by atoms with Crippen LogP contribution >= 0.6 is 0 Å². The molecule has 0 saturated carbocycles. The van der Waals surface area contributed by atoms with E-state index in [0.29, 0.717) is 22.5 Å². The number of aliphatic hydroxyl groups is 3. The van der Waals surface area contributed by atoms with Crippen molar-refractivity contribution in [2.24, 2.45) is 7.05 Å². The van der Waals surface area contributed by atoms with E-state index in [4.69, 9.17) is 14.2 Å². The average molecular weight is 524 g/mol. The van der Waals surface area contributed by atoms with Crippen LogP contribution in [0.3, 0.4) is 0 Å². The number of ether oxygens (including phenoxy) is 3. The van der Waals surface area contributed by atoms with Gasteiger partial charge in [0.05, 0.1) is 12.1 Å². The van der Waals surface area contributed by atoms with Crippen molar-refractivity contribution in [1.82, 2.24) is 4.57 Å². The van der Waals surface area contributed by atoms with Gasteiger partial charge < -0.3 is 34.1 Å². The van der Waals surface area contributed by atoms with Crippen molar-refractivity contribution in [2.45, 2.75) is 50.7 Å². The lowest BCUT2D eigenvalue weighted by atomic mass is 9.99. The maximum atomic E-state index is 12.9. The van der Waals surface area contributed by atoms with E-state index in [1.54, 1.807) is 66.2 Å². The second-order valence-electron chi connectivity index (χ2n) is 9.12. The first kappa shape index (κ1) is 27.2. The first-order valence-corrected chi connectivity index (χ1v) is 12.0. The molecule has 3 aromatic rings. The van der Waals surface area contributed by atoms with E-state index >= 15 is 0 Å². The van der Waals surface area contributed by atoms with Crippen LogP contribution in [0.25, 0.3) is 0 Å². The summed E-state index contributed by atoms with van der Waals surface area (Å²) in [5.41, 5.74) is 3.04. The van der Waals surface area contributed by atoms with Gasteiger partial charge in [-0.3, -0.25) is 9.59 Å². The highest BCUT2D eigenvalue weighted by Crippen LogP contribution is 2.24. The van der Waals surface area contributed by atoms with Crippen LogP contribution in [0.15, 0.2) is 66.7 Å². The van der Waals surface area contributed by atoms with E-state index in [0.717, 1.165) is 5.56 Å². The van der Waals surface area contributed by atoms with Crippen LogP contribution in [0.5, 0.6) is 0 Å². The van der Waals surface area contributed by atoms with Crippen LogP contribution < -0.4 is 0 Å². The number of rotatable bonds is 8. The Balaban J connectivity index is 1.39. The lowest BCUT2D eigenvalue weighted by Gasteiger charge is -2.38. The number of carbonyl (C=O) groups excluding carboxylic acids is 3. The highest BCUT2D eigenvalue weighted by molar-refractivity contribution is 6.08. The largest absolute Gasteiger partial charge is 0.459 e. The topological polar surface area (TPSA) is 145 Å². The van der Waals surface area contributed by atoms with Crippen molar-refractivity contribution in [3.05, 3.63) is 94.8 Å². The molecule has 0 amide bonds. The highest BCUT2D eigenvalue weighted by Gasteiger charge is 2.49. The molecule has 38 heavy (non-hydrogen) atoms. The summed E-state index contributed by atoms with van der Waals surface area (Å²) in [4.78, 5) is 38.1. The van der Waals surface area contributed by atoms with Gasteiger partial charge in [0, 0.05) is 18.3 Å². The fourth-order valence-corrected chi connectivity index (χ4v) is 4.08. The van der Waals surface area contributed by atoms with Crippen LogP contribution in [0.2, 0.25) is 0 Å². The Bertz CT molecular complexity index is 1290. The van der Waals surface area contributed by atoms with Crippen molar-refractivity contribution in [1.29, 1.82) is 0 Å². The van der Waals surface area contributed by atoms with Crippen LogP contribution in [0.1, 0.15) is 32.9 Å². The third-order valence-electron chi connectivity index (χ3n) is 6.37. The number of aliphatic hydroxyl groups excluding tert-OH is 3. The molecular formula is C28H29NO9. The molecule has 0 unspecified atom stereocenters. The molecule has 1 saturated heterocycles. The summed E-state index contributed by atoms with van der Waals surface area (Å²) in [6.07, 6.45) is -9.14. The van der Waals surface area contributed by atoms with Crippen molar-refractivity contribution >= 4 is 17.7 Å². The number of hydrogen-bond donors (Lipinski definition) is 3. The smallest absolute Gasteiger partial charge is 0.338 e. The number of ketones is 1. The molecule has 10 nitrogen and oxygen atoms in total. The summed E-state index contributed by atoms with van der Waals surface area (Å²) < 4.78 is 17.3. The molecule has 2 heterocycles. The summed E-state index contributed by atoms with van der Waals surface area (Å²) in [7, 11) is 1.63. The maximum absolute atomic E-state index is 12.9. The summed E-state index contributed by atoms with van der Waals surface area (Å²) in [5, 5.41) is 30.8. The summed E-state index contributed by atoms with van der Waals surface area (Å²) >= 11 is 0. The molecule has 0 aliphatic carbocycles. The molecule has 200 valence electrons. The van der Waals surface area contributed by atoms with E-state index in [1.807, 2.05) is 19.1 Å². The molecule has 0 bridgehead atoms. The number of esters is 2. The molecule has 10 heteroatoms. The molecule has 2 aromatic carbocycles. The van der Waals surface area contributed by atoms with Gasteiger partial charge in [-0.25, -0.2) is 4.79 Å². The second kappa shape index (κ2) is 11.7. The predicted molar refractivity (Wildman–Crippen MR) is 133 cm³/mol. The lowest BCUT2D eigenvalue weighted by molar-refractivity contribution is -0.287. The van der Waals surface area contributed by atoms with Crippen molar-refractivity contribution in [3.63, 3.8) is 0 Å². The van der Waals surface area contributed by atoms with Gasteiger partial charge in [-0.05, 0) is 24.6 Å². The average Bonchev–Trinajstić information content (AvgIpc) is 3.27. The zero-order valence-corrected chi connectivity index (χ0v) is 20.9. The van der Waals surface area contributed by atoms with Gasteiger partial charge in [0.25, 0.3) is 0 Å². The Morgan fingerprint density at radius 3 is 2.26 bits per heavy atom. The zero-order valence-electron chi connectivity index (χ0n) is 20.9. The normalized spacial score (nSPS) is 23.0. The van der Waals surface area contributed by atoms with Gasteiger partial charge in [0.2, 0.25) is 12.1 Å². The number of aryl methyl sites for hydroxylation is 1. The van der Waals surface area contributed by atoms with Crippen LogP contribution in [0, 0.1) is 6.92 Å². The molecule has 0 spiro atoms. The molecule has 1 fully saturated rings. The Hall–Kier alpha value is -3.83. The van der Waals surface area contributed by atoms with Gasteiger partial charge in [-0.2, -0.15) is 0 Å². The summed E-state index contributed by atoms with van der Waals surface area (Å²) in [5.74, 6) is -2.05. The zero-order chi connectivity index (χ0) is 27.4. The molecule has 5 atom stereocenters. The van der Waals surface area contributed by atoms with E-state index < -0.39 is 42.6 Å². The molecule has 1 aliphatic rings. The molecule has 1 aliphatic heterocycles. The Morgan fingerprint density at radius 1 is 0.895 bits per heavy atom. The van der Waals surface area contributed by atoms with E-state index in [2.05, 4.69) is 0 Å². The van der Waals surface area contributed by atoms with Gasteiger partial charge in [0.15, 0.2) is 6.10 Å². The van der Waals surface area contributed by atoms with E-state index in [9.17, 15) is 29.7 Å². The van der Waals surface area contributed by atoms with Gasteiger partial charge in [0.1, 0.15) is 24.9 Å². The predicted octanol–water partition coefficient (Wildman–Crippen LogP) is 1.20. The monoisotopic (exact) mass is 523 g/mol. The van der Waals surface area contributed by atoms with Gasteiger partial charge in [-0.1, -0.05) is 60.2 Å². The second-order valence-corrected chi connectivity index (χ2v) is 9.12. The quantitative estimate of drug-likeness (QED) is 0.293. The minimum atomic E-state index is -1.83. The molecule has 4 rings (SSSR count). The number of hydrogen-bond acceptors (Lipinski definition) is 9. The van der Waals surface area contributed by atoms with E-state index in [1.165, 1.54) is 0 Å². The molecule has 3 N–H and O–H groups in total. The van der Waals surface area contributed by atoms with Crippen molar-refractivity contribution in [3.8, 4) is 0 Å². The first-order valence-electron chi connectivity index (χ1n) is 12.0. The fraction of sp³-hybridized carbons (Fsp3) is 0.321. The maximum Gasteiger partial charge on any atom is 0.338 e. The summed E-state index contributed by atoms with van der Waals surface area (Å²) in [6.45, 7) is 1.82. The highest BCUT2D eigenvalue weighted by atomic mass is 16.7. The van der Waals surface area contributed by atoms with Crippen LogP contribution in [0.4, 0.5) is 0 Å². The number of nitrogens with zero attached hydrogens (tertiary/aromatic N) is 1. The fourth-order valence-electron chi connectivity index (χ4n) is 4.08. The Labute approximate surface area is 219 Å². The first-order chi connectivity index (χ1) is 18.2. The lowest BCUT2D eigenvalue weighted by Crippen LogP contribution is -2.61. The molecule has 1 aromatic heterocycles. The Morgan fingerprint density at radius 2 is 1.58 bits per heavy atom. The van der Waals surface area contributed by atoms with Crippen LogP contribution in [-0.2, 0) is 43.9 Å². The number of benzene rings is 2. The third kappa shape index (κ3) is 6.00. The molecule has 0 radical (unpaired) electrons. The minimum Gasteiger partial charge on any atom is -0.459 e. The number of aromatic nitrogens is 1. The van der Waals surface area contributed by atoms with Crippen molar-refractivity contribution in [2.75, 3.05) is 0 Å². The number of carbonyl (C=O) groups is 3. The van der Waals surface area contributed by atoms with Gasteiger partial charge in [-0.15, -0.1) is 0 Å². The SMILES string of the molecule is Cc1ccc(C(=O)c2ccc(CC(=O)O[C@@H]3O[C@H](C(=O)OCc4ccccc4)[C@@H](O)[C@H](O)[C@H]3O)n2C)cc1. The molecular weight excluding hydrogens is 494 g/mol. The standard InChI is InChI=1S/C28H29NO9/c1-16-8-10-18(11-9-16)22(31)20-13-12-19(29(20)2)14-21(30)37-28-25(34)23(32)24(33)26(38-28)27(35)36-15-17-6-4-3-5-7-17/h3-13,23-26,28,32-34H,14-15H2,1-2H3/t23-,24-,25+,26-,28+/m0/s1. The van der Waals surface area contributed by atoms with Gasteiger partial charge >= 0.3 is 11.9 Å². The van der Waals surface area contributed by atoms with Crippen LogP contribution in [-0.4, -0.2) is 68.3 Å². The third-order valence-corrected chi connectivity index (χ3v) is 6.37. The Kier molecular flexibility index (Phi) is 8.38. The minimum absolute atomic E-state index is 0.105. The summed E-state index contributed by atoms with van der Waals surface area (Å²) in [6, 6.07) is 19.1. The van der Waals surface area contributed by atoms with Crippen molar-refractivity contribution < 1.29 is 43.9 Å². The van der Waals surface area contributed by atoms with E-state index in [-0.39, 0.29) is 18.8 Å².